The van der Waals surface area contributed by atoms with Crippen LogP contribution in [0.4, 0.5) is 0 Å². The van der Waals surface area contributed by atoms with E-state index in [2.05, 4.69) is 35.4 Å². The molecule has 0 bridgehead atoms. The van der Waals surface area contributed by atoms with Crippen molar-refractivity contribution in [3.8, 4) is 0 Å². The summed E-state index contributed by atoms with van der Waals surface area (Å²) in [5.41, 5.74) is 0. The lowest BCUT2D eigenvalue weighted by Gasteiger charge is -2.02. The van der Waals surface area contributed by atoms with Gasteiger partial charge in [0.1, 0.15) is 18.9 Å². The van der Waals surface area contributed by atoms with Crippen LogP contribution < -0.4 is 4.57 Å². The van der Waals surface area contributed by atoms with Crippen molar-refractivity contribution in [2.75, 3.05) is 13.2 Å². The fourth-order valence-electron chi connectivity index (χ4n) is 1.70. The van der Waals surface area contributed by atoms with Crippen LogP contribution in [0.2, 0.25) is 0 Å². The minimum Gasteiger partial charge on any atom is -0.378 e. The quantitative estimate of drug-likeness (QED) is 0.498. The van der Waals surface area contributed by atoms with Gasteiger partial charge < -0.3 is 4.74 Å². The first-order chi connectivity index (χ1) is 6.83. The number of nitrogens with zero attached hydrogens (tertiary/aromatic N) is 2. The van der Waals surface area contributed by atoms with Gasteiger partial charge in [0, 0.05) is 13.0 Å². The SMILES string of the molecule is CCOCC[n+]1ccn(CC)c1CC. The summed E-state index contributed by atoms with van der Waals surface area (Å²) >= 11 is 0. The van der Waals surface area contributed by atoms with Crippen molar-refractivity contribution in [2.45, 2.75) is 40.3 Å². The smallest absolute Gasteiger partial charge is 0.256 e. The zero-order valence-electron chi connectivity index (χ0n) is 9.49. The lowest BCUT2D eigenvalue weighted by Crippen LogP contribution is -2.39. The van der Waals surface area contributed by atoms with Crippen LogP contribution in [-0.4, -0.2) is 17.8 Å². The van der Waals surface area contributed by atoms with E-state index < -0.39 is 0 Å². The van der Waals surface area contributed by atoms with Gasteiger partial charge in [0.15, 0.2) is 0 Å². The molecule has 1 heterocycles. The van der Waals surface area contributed by atoms with Crippen LogP contribution in [-0.2, 0) is 24.2 Å². The molecule has 3 nitrogen and oxygen atoms in total. The molecule has 0 radical (unpaired) electrons. The maximum Gasteiger partial charge on any atom is 0.256 e. The second kappa shape index (κ2) is 5.81. The second-order valence-corrected chi connectivity index (χ2v) is 3.24. The highest BCUT2D eigenvalue weighted by Crippen LogP contribution is 1.96. The summed E-state index contributed by atoms with van der Waals surface area (Å²) in [6, 6.07) is 0. The molecule has 0 saturated carbocycles. The van der Waals surface area contributed by atoms with Crippen molar-refractivity contribution in [2.24, 2.45) is 0 Å². The monoisotopic (exact) mass is 197 g/mol. The van der Waals surface area contributed by atoms with E-state index in [0.29, 0.717) is 0 Å². The fraction of sp³-hybridized carbons (Fsp3) is 0.727. The molecule has 1 aromatic heterocycles. The Labute approximate surface area is 86.3 Å². The van der Waals surface area contributed by atoms with Crippen LogP contribution >= 0.6 is 0 Å². The van der Waals surface area contributed by atoms with E-state index in [-0.39, 0.29) is 0 Å². The predicted molar refractivity (Wildman–Crippen MR) is 56.2 cm³/mol. The molecular formula is C11H21N2O+. The molecule has 14 heavy (non-hydrogen) atoms. The normalized spacial score (nSPS) is 10.8. The van der Waals surface area contributed by atoms with E-state index in [9.17, 15) is 0 Å². The molecule has 1 rings (SSSR count). The molecule has 1 aromatic rings. The fourth-order valence-corrected chi connectivity index (χ4v) is 1.70. The molecule has 0 aliphatic rings. The van der Waals surface area contributed by atoms with Gasteiger partial charge in [0.2, 0.25) is 0 Å². The van der Waals surface area contributed by atoms with Gasteiger partial charge in [-0.2, -0.15) is 0 Å². The summed E-state index contributed by atoms with van der Waals surface area (Å²) in [5.74, 6) is 1.38. The zero-order valence-corrected chi connectivity index (χ0v) is 9.49. The number of hydrogen-bond acceptors (Lipinski definition) is 1. The molecule has 0 saturated heterocycles. The summed E-state index contributed by atoms with van der Waals surface area (Å²) in [6.45, 7) is 10.0. The van der Waals surface area contributed by atoms with Crippen LogP contribution in [0.1, 0.15) is 26.6 Å². The Kier molecular flexibility index (Phi) is 4.66. The molecule has 0 aliphatic carbocycles. The first-order valence-electron chi connectivity index (χ1n) is 5.48. The third-order valence-corrected chi connectivity index (χ3v) is 2.43. The molecule has 0 atom stereocenters. The topological polar surface area (TPSA) is 18.0 Å². The maximum absolute atomic E-state index is 5.35. The number of hydrogen-bond donors (Lipinski definition) is 0. The van der Waals surface area contributed by atoms with Crippen LogP contribution in [0.5, 0.6) is 0 Å². The van der Waals surface area contributed by atoms with Crippen molar-refractivity contribution in [1.82, 2.24) is 4.57 Å². The number of aryl methyl sites for hydroxylation is 1. The van der Waals surface area contributed by atoms with Gasteiger partial charge in [0.25, 0.3) is 5.82 Å². The zero-order chi connectivity index (χ0) is 10.4. The number of aromatic nitrogens is 2. The van der Waals surface area contributed by atoms with Gasteiger partial charge in [0.05, 0.1) is 13.2 Å². The molecule has 80 valence electrons. The maximum atomic E-state index is 5.35. The van der Waals surface area contributed by atoms with Crippen LogP contribution in [0.15, 0.2) is 12.4 Å². The van der Waals surface area contributed by atoms with Gasteiger partial charge in [-0.15, -0.1) is 0 Å². The van der Waals surface area contributed by atoms with E-state index in [0.717, 1.165) is 32.7 Å². The largest absolute Gasteiger partial charge is 0.378 e. The first kappa shape index (κ1) is 11.2. The van der Waals surface area contributed by atoms with E-state index in [1.54, 1.807) is 0 Å². The molecule has 0 fully saturated rings. The molecule has 0 spiro atoms. The first-order valence-corrected chi connectivity index (χ1v) is 5.48. The summed E-state index contributed by atoms with van der Waals surface area (Å²) in [4.78, 5) is 0. The average Bonchev–Trinajstić information content (AvgIpc) is 2.60. The van der Waals surface area contributed by atoms with Gasteiger partial charge in [-0.05, 0) is 13.8 Å². The minimum atomic E-state index is 0.802. The van der Waals surface area contributed by atoms with Gasteiger partial charge in [-0.25, -0.2) is 9.13 Å². The van der Waals surface area contributed by atoms with Crippen LogP contribution in [0.3, 0.4) is 0 Å². The van der Waals surface area contributed by atoms with Gasteiger partial charge in [-0.1, -0.05) is 6.92 Å². The Morgan fingerprint density at radius 2 is 2.14 bits per heavy atom. The summed E-state index contributed by atoms with van der Waals surface area (Å²) in [5, 5.41) is 0. The standard InChI is InChI=1S/C11H21N2O/c1-4-11-12(5-2)7-8-13(11)9-10-14-6-3/h7-8H,4-6,9-10H2,1-3H3/q+1. The van der Waals surface area contributed by atoms with Crippen molar-refractivity contribution < 1.29 is 9.30 Å². The second-order valence-electron chi connectivity index (χ2n) is 3.24. The number of ether oxygens (including phenoxy) is 1. The van der Waals surface area contributed by atoms with Crippen molar-refractivity contribution in [3.63, 3.8) is 0 Å². The van der Waals surface area contributed by atoms with Crippen LogP contribution in [0, 0.1) is 0 Å². The molecule has 0 aromatic carbocycles. The molecular weight excluding hydrogens is 176 g/mol. The Bertz CT molecular complexity index is 268. The highest BCUT2D eigenvalue weighted by atomic mass is 16.5. The lowest BCUT2D eigenvalue weighted by atomic mass is 10.4. The molecule has 0 N–H and O–H groups in total. The third-order valence-electron chi connectivity index (χ3n) is 2.43. The Morgan fingerprint density at radius 3 is 2.71 bits per heavy atom. The summed E-state index contributed by atoms with van der Waals surface area (Å²) < 4.78 is 9.91. The van der Waals surface area contributed by atoms with E-state index in [1.807, 2.05) is 6.92 Å². The van der Waals surface area contributed by atoms with E-state index in [4.69, 9.17) is 4.74 Å². The van der Waals surface area contributed by atoms with Crippen molar-refractivity contribution >= 4 is 0 Å². The molecule has 3 heteroatoms. The molecule has 0 unspecified atom stereocenters. The Balaban J connectivity index is 2.61. The molecule has 0 aliphatic heterocycles. The third kappa shape index (κ3) is 2.58. The number of rotatable bonds is 6. The van der Waals surface area contributed by atoms with E-state index >= 15 is 0 Å². The Hall–Kier alpha value is -0.830. The molecule has 0 amide bonds. The van der Waals surface area contributed by atoms with Crippen LogP contribution in [0.25, 0.3) is 0 Å². The Morgan fingerprint density at radius 1 is 1.36 bits per heavy atom. The van der Waals surface area contributed by atoms with Crippen molar-refractivity contribution in [1.29, 1.82) is 0 Å². The summed E-state index contributed by atoms with van der Waals surface area (Å²) in [7, 11) is 0. The van der Waals surface area contributed by atoms with E-state index in [1.165, 1.54) is 5.82 Å². The predicted octanol–water partition coefficient (Wildman–Crippen LogP) is 1.39. The van der Waals surface area contributed by atoms with Crippen molar-refractivity contribution in [3.05, 3.63) is 18.2 Å². The highest BCUT2D eigenvalue weighted by molar-refractivity contribution is 4.82. The highest BCUT2D eigenvalue weighted by Gasteiger charge is 2.12. The van der Waals surface area contributed by atoms with Gasteiger partial charge >= 0.3 is 0 Å². The summed E-state index contributed by atoms with van der Waals surface area (Å²) in [6.07, 6.45) is 5.36. The number of imidazole rings is 1. The lowest BCUT2D eigenvalue weighted by molar-refractivity contribution is -0.705. The average molecular weight is 197 g/mol. The van der Waals surface area contributed by atoms with Gasteiger partial charge in [-0.3, -0.25) is 0 Å². The minimum absolute atomic E-state index is 0.802.